The predicted molar refractivity (Wildman–Crippen MR) is 81.2 cm³/mol. The molecular weight excluding hydrogens is 326 g/mol. The minimum atomic E-state index is -0.571. The fourth-order valence-electron chi connectivity index (χ4n) is 1.59. The third-order valence-corrected chi connectivity index (χ3v) is 3.22. The maximum atomic E-state index is 9.81. The third kappa shape index (κ3) is 7.21. The van der Waals surface area contributed by atoms with Crippen LogP contribution in [0.25, 0.3) is 0 Å². The van der Waals surface area contributed by atoms with Crippen LogP contribution in [-0.2, 0) is 9.47 Å². The van der Waals surface area contributed by atoms with Gasteiger partial charge in [0.1, 0.15) is 18.5 Å². The molecule has 1 aromatic carbocycles. The first-order valence-electron chi connectivity index (χ1n) is 6.44. The molecule has 5 nitrogen and oxygen atoms in total. The van der Waals surface area contributed by atoms with Crippen molar-refractivity contribution in [2.45, 2.75) is 12.2 Å². The summed E-state index contributed by atoms with van der Waals surface area (Å²) in [5.41, 5.74) is 0. The van der Waals surface area contributed by atoms with Crippen LogP contribution in [0.3, 0.4) is 0 Å². The highest BCUT2D eigenvalue weighted by Crippen LogP contribution is 2.16. The molecule has 2 unspecified atom stereocenters. The van der Waals surface area contributed by atoms with Gasteiger partial charge in [-0.05, 0) is 24.3 Å². The Morgan fingerprint density at radius 2 is 1.85 bits per heavy atom. The Bertz CT molecular complexity index is 361. The maximum absolute atomic E-state index is 9.81. The first-order chi connectivity index (χ1) is 9.65. The Kier molecular flexibility index (Phi) is 8.80. The van der Waals surface area contributed by atoms with E-state index in [1.165, 1.54) is 0 Å². The predicted octanol–water partition coefficient (Wildman–Crippen LogP) is 1.44. The summed E-state index contributed by atoms with van der Waals surface area (Å²) < 4.78 is 16.7. The Morgan fingerprint density at radius 3 is 2.45 bits per heavy atom. The van der Waals surface area contributed by atoms with Crippen LogP contribution >= 0.6 is 15.9 Å². The number of aliphatic hydroxyl groups excluding tert-OH is 1. The van der Waals surface area contributed by atoms with Gasteiger partial charge in [-0.2, -0.15) is 0 Å². The van der Waals surface area contributed by atoms with Crippen molar-refractivity contribution in [2.24, 2.45) is 0 Å². The first kappa shape index (κ1) is 17.4. The van der Waals surface area contributed by atoms with Crippen LogP contribution < -0.4 is 10.1 Å². The van der Waals surface area contributed by atoms with E-state index in [1.54, 1.807) is 14.2 Å². The molecule has 0 aromatic heterocycles. The molecule has 20 heavy (non-hydrogen) atoms. The molecule has 2 atom stereocenters. The smallest absolute Gasteiger partial charge is 0.119 e. The second kappa shape index (κ2) is 10.1. The van der Waals surface area contributed by atoms with Crippen molar-refractivity contribution in [3.8, 4) is 5.75 Å². The van der Waals surface area contributed by atoms with E-state index in [4.69, 9.17) is 14.2 Å². The average molecular weight is 348 g/mol. The zero-order chi connectivity index (χ0) is 14.8. The van der Waals surface area contributed by atoms with Crippen LogP contribution in [0.1, 0.15) is 0 Å². The van der Waals surface area contributed by atoms with Gasteiger partial charge in [0.25, 0.3) is 0 Å². The van der Waals surface area contributed by atoms with Crippen molar-refractivity contribution in [1.29, 1.82) is 0 Å². The minimum Gasteiger partial charge on any atom is -0.491 e. The van der Waals surface area contributed by atoms with Gasteiger partial charge in [0.05, 0.1) is 12.7 Å². The Morgan fingerprint density at radius 1 is 1.15 bits per heavy atom. The summed E-state index contributed by atoms with van der Waals surface area (Å²) in [6, 6.07) is 7.50. The van der Waals surface area contributed by atoms with Crippen molar-refractivity contribution in [2.75, 3.05) is 40.5 Å². The summed E-state index contributed by atoms with van der Waals surface area (Å²) in [4.78, 5) is 0. The van der Waals surface area contributed by atoms with Crippen LogP contribution in [-0.4, -0.2) is 57.8 Å². The number of nitrogens with one attached hydrogen (secondary N) is 1. The highest BCUT2D eigenvalue weighted by atomic mass is 79.9. The van der Waals surface area contributed by atoms with Gasteiger partial charge in [-0.25, -0.2) is 0 Å². The van der Waals surface area contributed by atoms with Crippen molar-refractivity contribution in [3.63, 3.8) is 0 Å². The normalized spacial score (nSPS) is 14.0. The zero-order valence-corrected chi connectivity index (χ0v) is 13.4. The summed E-state index contributed by atoms with van der Waals surface area (Å²) in [5, 5.41) is 12.9. The van der Waals surface area contributed by atoms with Crippen molar-refractivity contribution < 1.29 is 19.3 Å². The summed E-state index contributed by atoms with van der Waals surface area (Å²) >= 11 is 3.36. The van der Waals surface area contributed by atoms with E-state index < -0.39 is 6.10 Å². The Balaban J connectivity index is 2.16. The molecular formula is C14H22BrNO4. The fraction of sp³-hybridized carbons (Fsp3) is 0.571. The average Bonchev–Trinajstić information content (AvgIpc) is 2.45. The van der Waals surface area contributed by atoms with Gasteiger partial charge in [-0.1, -0.05) is 15.9 Å². The molecule has 0 amide bonds. The second-order valence-electron chi connectivity index (χ2n) is 4.39. The number of hydrogen-bond acceptors (Lipinski definition) is 5. The summed E-state index contributed by atoms with van der Waals surface area (Å²) in [6.07, 6.45) is -0.585. The van der Waals surface area contributed by atoms with Crippen LogP contribution in [0.5, 0.6) is 5.75 Å². The van der Waals surface area contributed by atoms with Crippen LogP contribution in [0.2, 0.25) is 0 Å². The first-order valence-corrected chi connectivity index (χ1v) is 7.24. The second-order valence-corrected chi connectivity index (χ2v) is 5.31. The molecule has 0 radical (unpaired) electrons. The lowest BCUT2D eigenvalue weighted by molar-refractivity contribution is 0.0257. The Hall–Kier alpha value is -0.660. The summed E-state index contributed by atoms with van der Waals surface area (Å²) in [6.45, 7) is 1.84. The molecule has 0 saturated heterocycles. The monoisotopic (exact) mass is 347 g/mol. The van der Waals surface area contributed by atoms with E-state index in [-0.39, 0.29) is 12.7 Å². The molecule has 6 heteroatoms. The fourth-order valence-corrected chi connectivity index (χ4v) is 1.85. The van der Waals surface area contributed by atoms with Crippen LogP contribution in [0, 0.1) is 0 Å². The minimum absolute atomic E-state index is 0.0143. The van der Waals surface area contributed by atoms with Gasteiger partial charge in [0, 0.05) is 31.8 Å². The SMILES string of the molecule is COCC(CNCC(O)COc1ccc(Br)cc1)OC. The van der Waals surface area contributed by atoms with Crippen LogP contribution in [0.4, 0.5) is 0 Å². The van der Waals surface area contributed by atoms with Gasteiger partial charge in [-0.3, -0.25) is 0 Å². The highest BCUT2D eigenvalue weighted by Gasteiger charge is 2.09. The van der Waals surface area contributed by atoms with Gasteiger partial charge in [0.15, 0.2) is 0 Å². The molecule has 0 aliphatic rings. The number of methoxy groups -OCH3 is 2. The molecule has 0 aliphatic carbocycles. The standard InChI is InChI=1S/C14H22BrNO4/c1-18-10-14(19-2)8-16-7-12(17)9-20-13-5-3-11(15)4-6-13/h3-6,12,14,16-17H,7-10H2,1-2H3. The molecule has 0 aliphatic heterocycles. The lowest BCUT2D eigenvalue weighted by atomic mass is 10.3. The quantitative estimate of drug-likeness (QED) is 0.670. The van der Waals surface area contributed by atoms with E-state index in [9.17, 15) is 5.11 Å². The molecule has 0 fully saturated rings. The van der Waals surface area contributed by atoms with E-state index in [0.717, 1.165) is 10.2 Å². The number of halogens is 1. The zero-order valence-electron chi connectivity index (χ0n) is 11.8. The number of rotatable bonds is 10. The van der Waals surface area contributed by atoms with E-state index in [0.29, 0.717) is 19.7 Å². The largest absolute Gasteiger partial charge is 0.491 e. The van der Waals surface area contributed by atoms with E-state index in [2.05, 4.69) is 21.2 Å². The van der Waals surface area contributed by atoms with Crippen molar-refractivity contribution >= 4 is 15.9 Å². The molecule has 1 rings (SSSR count). The number of aliphatic hydroxyl groups is 1. The Labute approximate surface area is 128 Å². The van der Waals surface area contributed by atoms with Gasteiger partial charge < -0.3 is 24.6 Å². The van der Waals surface area contributed by atoms with Crippen LogP contribution in [0.15, 0.2) is 28.7 Å². The highest BCUT2D eigenvalue weighted by molar-refractivity contribution is 9.10. The van der Waals surface area contributed by atoms with Gasteiger partial charge in [0.2, 0.25) is 0 Å². The molecule has 114 valence electrons. The summed E-state index contributed by atoms with van der Waals surface area (Å²) in [5.74, 6) is 0.737. The molecule has 1 aromatic rings. The van der Waals surface area contributed by atoms with Gasteiger partial charge in [-0.15, -0.1) is 0 Å². The maximum Gasteiger partial charge on any atom is 0.119 e. The number of ether oxygens (including phenoxy) is 3. The topological polar surface area (TPSA) is 60.0 Å². The molecule has 0 saturated carbocycles. The molecule has 0 spiro atoms. The van der Waals surface area contributed by atoms with Crippen molar-refractivity contribution in [1.82, 2.24) is 5.32 Å². The van der Waals surface area contributed by atoms with E-state index >= 15 is 0 Å². The van der Waals surface area contributed by atoms with Gasteiger partial charge >= 0.3 is 0 Å². The van der Waals surface area contributed by atoms with E-state index in [1.807, 2.05) is 24.3 Å². The number of benzene rings is 1. The molecule has 2 N–H and O–H groups in total. The summed E-state index contributed by atoms with van der Waals surface area (Å²) in [7, 11) is 3.27. The number of hydrogen-bond donors (Lipinski definition) is 2. The third-order valence-electron chi connectivity index (χ3n) is 2.69. The molecule has 0 bridgehead atoms. The molecule has 0 heterocycles. The lowest BCUT2D eigenvalue weighted by Crippen LogP contribution is -2.38. The lowest BCUT2D eigenvalue weighted by Gasteiger charge is -2.17. The van der Waals surface area contributed by atoms with Crippen molar-refractivity contribution in [3.05, 3.63) is 28.7 Å².